The molecule has 0 aliphatic heterocycles. The van der Waals surface area contributed by atoms with Crippen LogP contribution in [0.3, 0.4) is 0 Å². The molecule has 3 aromatic carbocycles. The van der Waals surface area contributed by atoms with Gasteiger partial charge in [-0.2, -0.15) is 0 Å². The summed E-state index contributed by atoms with van der Waals surface area (Å²) < 4.78 is 12.2. The van der Waals surface area contributed by atoms with Crippen molar-refractivity contribution in [2.75, 3.05) is 18.5 Å². The van der Waals surface area contributed by atoms with Gasteiger partial charge in [-0.15, -0.1) is 0 Å². The van der Waals surface area contributed by atoms with Crippen molar-refractivity contribution in [3.05, 3.63) is 80.3 Å². The normalized spacial score (nSPS) is 11.0. The summed E-state index contributed by atoms with van der Waals surface area (Å²) in [5.41, 5.74) is 5.56. The quantitative estimate of drug-likeness (QED) is 0.314. The molecule has 7 heteroatoms. The van der Waals surface area contributed by atoms with E-state index in [0.717, 1.165) is 27.9 Å². The van der Waals surface area contributed by atoms with E-state index in [1.165, 1.54) is 0 Å². The van der Waals surface area contributed by atoms with E-state index in [4.69, 9.17) is 21.1 Å². The van der Waals surface area contributed by atoms with E-state index in [1.54, 1.807) is 18.3 Å². The van der Waals surface area contributed by atoms with Crippen molar-refractivity contribution < 1.29 is 14.3 Å². The maximum atomic E-state index is 12.4. The summed E-state index contributed by atoms with van der Waals surface area (Å²) in [6.07, 6.45) is 1.78. The highest BCUT2D eigenvalue weighted by molar-refractivity contribution is 9.10. The Morgan fingerprint density at radius 3 is 2.55 bits per heavy atom. The fourth-order valence-electron chi connectivity index (χ4n) is 3.07. The Morgan fingerprint density at radius 2 is 1.82 bits per heavy atom. The molecule has 0 unspecified atom stereocenters. The summed E-state index contributed by atoms with van der Waals surface area (Å²) >= 11 is 9.67. The lowest BCUT2D eigenvalue weighted by Gasteiger charge is -2.15. The molecule has 0 heterocycles. The van der Waals surface area contributed by atoms with Crippen LogP contribution in [0, 0.1) is 20.8 Å². The summed E-state index contributed by atoms with van der Waals surface area (Å²) in [6, 6.07) is 15.2. The topological polar surface area (TPSA) is 59.9 Å². The van der Waals surface area contributed by atoms with Crippen LogP contribution in [-0.4, -0.2) is 25.3 Å². The van der Waals surface area contributed by atoms with Crippen LogP contribution >= 0.6 is 27.5 Å². The number of ether oxygens (including phenoxy) is 2. The second kappa shape index (κ2) is 11.3. The van der Waals surface area contributed by atoms with Crippen LogP contribution in [0.15, 0.2) is 58.0 Å². The number of aryl methyl sites for hydroxylation is 3. The number of aliphatic imine (C=N–C) groups is 1. The highest BCUT2D eigenvalue weighted by Crippen LogP contribution is 2.37. The fourth-order valence-corrected chi connectivity index (χ4v) is 3.83. The molecule has 0 bridgehead atoms. The Balaban J connectivity index is 1.75. The van der Waals surface area contributed by atoms with Crippen molar-refractivity contribution in [2.24, 2.45) is 4.99 Å². The molecule has 0 atom stereocenters. The van der Waals surface area contributed by atoms with Crippen molar-refractivity contribution >= 4 is 51.0 Å². The molecule has 0 spiro atoms. The number of halogens is 2. The van der Waals surface area contributed by atoms with Gasteiger partial charge in [-0.05, 0) is 96.2 Å². The Morgan fingerprint density at radius 1 is 1.06 bits per heavy atom. The Kier molecular flexibility index (Phi) is 8.53. The number of carbonyl (C=O) groups is 1. The number of nitrogens with zero attached hydrogens (tertiary/aromatic N) is 1. The highest BCUT2D eigenvalue weighted by atomic mass is 79.9. The molecule has 3 aromatic rings. The summed E-state index contributed by atoms with van der Waals surface area (Å²) in [5, 5.41) is 3.38. The smallest absolute Gasteiger partial charge is 0.262 e. The number of nitrogens with one attached hydrogen (secondary N) is 1. The standard InChI is InChI=1S/C26H26BrClN2O3/c1-5-32-24-12-19(14-29-23-10-16(2)6-7-18(23)4)11-21(27)26(24)33-15-25(31)30-20-9-8-17(3)22(28)13-20/h6-14H,5,15H2,1-4H3,(H,30,31). The molecule has 0 aromatic heterocycles. The molecular weight excluding hydrogens is 504 g/mol. The molecule has 0 fully saturated rings. The zero-order chi connectivity index (χ0) is 24.0. The number of rotatable bonds is 8. The summed E-state index contributed by atoms with van der Waals surface area (Å²) in [4.78, 5) is 17.0. The third-order valence-corrected chi connectivity index (χ3v) is 5.85. The van der Waals surface area contributed by atoms with Gasteiger partial charge in [0.1, 0.15) is 0 Å². The maximum absolute atomic E-state index is 12.4. The second-order valence-corrected chi connectivity index (χ2v) is 8.87. The number of hydrogen-bond donors (Lipinski definition) is 1. The van der Waals surface area contributed by atoms with Crippen molar-refractivity contribution in [3.63, 3.8) is 0 Å². The van der Waals surface area contributed by atoms with Gasteiger partial charge in [-0.1, -0.05) is 29.8 Å². The number of carbonyl (C=O) groups excluding carboxylic acids is 1. The van der Waals surface area contributed by atoms with E-state index in [1.807, 2.05) is 52.0 Å². The van der Waals surface area contributed by atoms with Crippen LogP contribution in [0.5, 0.6) is 11.5 Å². The lowest BCUT2D eigenvalue weighted by Crippen LogP contribution is -2.20. The van der Waals surface area contributed by atoms with Gasteiger partial charge in [0.2, 0.25) is 0 Å². The van der Waals surface area contributed by atoms with E-state index in [2.05, 4.69) is 38.4 Å². The van der Waals surface area contributed by atoms with Gasteiger partial charge >= 0.3 is 0 Å². The molecule has 172 valence electrons. The Bertz CT molecular complexity index is 1190. The first-order chi connectivity index (χ1) is 15.8. The first-order valence-electron chi connectivity index (χ1n) is 10.5. The van der Waals surface area contributed by atoms with Gasteiger partial charge in [-0.25, -0.2) is 0 Å². The van der Waals surface area contributed by atoms with Crippen LogP contribution in [0.2, 0.25) is 5.02 Å². The minimum atomic E-state index is -0.301. The first-order valence-corrected chi connectivity index (χ1v) is 11.7. The maximum Gasteiger partial charge on any atom is 0.262 e. The first kappa shape index (κ1) is 24.8. The average molecular weight is 530 g/mol. The van der Waals surface area contributed by atoms with Crippen LogP contribution in [-0.2, 0) is 4.79 Å². The molecule has 0 aliphatic carbocycles. The lowest BCUT2D eigenvalue weighted by atomic mass is 10.1. The van der Waals surface area contributed by atoms with Gasteiger partial charge in [0.15, 0.2) is 18.1 Å². The van der Waals surface area contributed by atoms with Gasteiger partial charge in [0.25, 0.3) is 5.91 Å². The van der Waals surface area contributed by atoms with E-state index in [-0.39, 0.29) is 12.5 Å². The van der Waals surface area contributed by atoms with Gasteiger partial charge in [0, 0.05) is 16.9 Å². The largest absolute Gasteiger partial charge is 0.490 e. The predicted molar refractivity (Wildman–Crippen MR) is 139 cm³/mol. The zero-order valence-corrected chi connectivity index (χ0v) is 21.4. The van der Waals surface area contributed by atoms with Gasteiger partial charge in [0.05, 0.1) is 16.8 Å². The molecule has 0 saturated heterocycles. The average Bonchev–Trinajstić information content (AvgIpc) is 2.76. The monoisotopic (exact) mass is 528 g/mol. The van der Waals surface area contributed by atoms with Crippen LogP contribution in [0.25, 0.3) is 0 Å². The van der Waals surface area contributed by atoms with Crippen LogP contribution < -0.4 is 14.8 Å². The Hall–Kier alpha value is -2.83. The van der Waals surface area contributed by atoms with Crippen molar-refractivity contribution in [3.8, 4) is 11.5 Å². The number of anilines is 1. The van der Waals surface area contributed by atoms with Crippen molar-refractivity contribution in [1.82, 2.24) is 0 Å². The van der Waals surface area contributed by atoms with Gasteiger partial charge < -0.3 is 14.8 Å². The summed E-state index contributed by atoms with van der Waals surface area (Å²) in [5.74, 6) is 0.683. The predicted octanol–water partition coefficient (Wildman–Crippen LogP) is 7.19. The van der Waals surface area contributed by atoms with E-state index in [0.29, 0.717) is 33.3 Å². The van der Waals surface area contributed by atoms with Crippen molar-refractivity contribution in [2.45, 2.75) is 27.7 Å². The molecule has 0 saturated carbocycles. The minimum absolute atomic E-state index is 0.180. The molecule has 0 aliphatic rings. The van der Waals surface area contributed by atoms with Crippen LogP contribution in [0.1, 0.15) is 29.2 Å². The van der Waals surface area contributed by atoms with Crippen LogP contribution in [0.4, 0.5) is 11.4 Å². The van der Waals surface area contributed by atoms with Gasteiger partial charge in [-0.3, -0.25) is 9.79 Å². The minimum Gasteiger partial charge on any atom is -0.490 e. The van der Waals surface area contributed by atoms with E-state index in [9.17, 15) is 4.79 Å². The highest BCUT2D eigenvalue weighted by Gasteiger charge is 2.14. The molecule has 3 rings (SSSR count). The van der Waals surface area contributed by atoms with E-state index >= 15 is 0 Å². The number of benzene rings is 3. The second-order valence-electron chi connectivity index (χ2n) is 7.61. The Labute approximate surface area is 207 Å². The number of hydrogen-bond acceptors (Lipinski definition) is 4. The SMILES string of the molecule is CCOc1cc(C=Nc2cc(C)ccc2C)cc(Br)c1OCC(=O)Nc1ccc(C)c(Cl)c1. The summed E-state index contributed by atoms with van der Waals surface area (Å²) in [7, 11) is 0. The molecule has 5 nitrogen and oxygen atoms in total. The third kappa shape index (κ3) is 6.83. The molecule has 33 heavy (non-hydrogen) atoms. The molecule has 1 N–H and O–H groups in total. The lowest BCUT2D eigenvalue weighted by molar-refractivity contribution is -0.118. The third-order valence-electron chi connectivity index (χ3n) is 4.85. The molecule has 0 radical (unpaired) electrons. The molecular formula is C26H26BrClN2O3. The molecule has 1 amide bonds. The van der Waals surface area contributed by atoms with Crippen molar-refractivity contribution in [1.29, 1.82) is 0 Å². The fraction of sp³-hybridized carbons (Fsp3) is 0.231. The van der Waals surface area contributed by atoms with E-state index < -0.39 is 0 Å². The number of amides is 1. The zero-order valence-electron chi connectivity index (χ0n) is 19.0. The summed E-state index contributed by atoms with van der Waals surface area (Å²) in [6.45, 7) is 8.13.